The molecule has 1 nitrogen and oxygen atoms in total. The zero-order valence-corrected chi connectivity index (χ0v) is 20.0. The second-order valence-electron chi connectivity index (χ2n) is 8.70. The lowest BCUT2D eigenvalue weighted by Gasteiger charge is -2.29. The Kier molecular flexibility index (Phi) is 21.2. The average Bonchev–Trinajstić information content (AvgIpc) is 2.67. The first-order chi connectivity index (χ1) is 13.2. The molecule has 0 aromatic rings. The molecule has 0 unspecified atom stereocenters. The summed E-state index contributed by atoms with van der Waals surface area (Å²) in [6.45, 7) is 7.96. The van der Waals surface area contributed by atoms with Gasteiger partial charge in [0.05, 0.1) is 5.00 Å². The maximum absolute atomic E-state index is 7.07. The van der Waals surface area contributed by atoms with Crippen LogP contribution in [0.2, 0.25) is 0 Å². The standard InChI is InChI=1S/C25H52ClN/c1-4-7-10-13-16-19-22-25(26,23-20-17-14-11-8-5-2)27-24-21-18-15-12-9-6-3/h27H,4-24H2,1-3H3. The third-order valence-electron chi connectivity index (χ3n) is 5.83. The van der Waals surface area contributed by atoms with Gasteiger partial charge in [0.25, 0.3) is 0 Å². The van der Waals surface area contributed by atoms with Gasteiger partial charge in [0.1, 0.15) is 0 Å². The topological polar surface area (TPSA) is 12.0 Å². The van der Waals surface area contributed by atoms with E-state index in [0.717, 1.165) is 19.4 Å². The van der Waals surface area contributed by atoms with E-state index in [1.807, 2.05) is 0 Å². The number of hydrogen-bond acceptors (Lipinski definition) is 1. The Bertz CT molecular complexity index is 263. The van der Waals surface area contributed by atoms with E-state index in [2.05, 4.69) is 26.1 Å². The van der Waals surface area contributed by atoms with Gasteiger partial charge in [-0.1, -0.05) is 130 Å². The lowest BCUT2D eigenvalue weighted by atomic mass is 9.99. The highest BCUT2D eigenvalue weighted by Gasteiger charge is 2.25. The molecule has 0 aliphatic carbocycles. The largest absolute Gasteiger partial charge is 0.299 e. The molecule has 0 spiro atoms. The molecule has 0 heterocycles. The lowest BCUT2D eigenvalue weighted by molar-refractivity contribution is 0.362. The molecule has 0 amide bonds. The van der Waals surface area contributed by atoms with E-state index in [-0.39, 0.29) is 5.00 Å². The van der Waals surface area contributed by atoms with E-state index < -0.39 is 0 Å². The maximum atomic E-state index is 7.07. The molecule has 0 aromatic carbocycles. The summed E-state index contributed by atoms with van der Waals surface area (Å²) in [5.41, 5.74) is 0. The Morgan fingerprint density at radius 1 is 0.481 bits per heavy atom. The second kappa shape index (κ2) is 21.0. The van der Waals surface area contributed by atoms with Crippen molar-refractivity contribution in [2.45, 2.75) is 154 Å². The van der Waals surface area contributed by atoms with Crippen LogP contribution < -0.4 is 5.32 Å². The highest BCUT2D eigenvalue weighted by atomic mass is 35.5. The van der Waals surface area contributed by atoms with Crippen LogP contribution in [-0.2, 0) is 0 Å². The summed E-state index contributed by atoms with van der Waals surface area (Å²) in [7, 11) is 0. The van der Waals surface area contributed by atoms with Gasteiger partial charge in [-0.3, -0.25) is 5.32 Å². The van der Waals surface area contributed by atoms with Gasteiger partial charge in [-0.05, 0) is 25.8 Å². The summed E-state index contributed by atoms with van der Waals surface area (Å²) >= 11 is 7.07. The number of alkyl halides is 1. The van der Waals surface area contributed by atoms with Crippen LogP contribution in [0.1, 0.15) is 149 Å². The molecule has 1 N–H and O–H groups in total. The lowest BCUT2D eigenvalue weighted by Crippen LogP contribution is -2.40. The molecule has 2 heteroatoms. The Labute approximate surface area is 177 Å². The molecule has 0 bridgehead atoms. The zero-order valence-electron chi connectivity index (χ0n) is 19.2. The number of unbranched alkanes of at least 4 members (excludes halogenated alkanes) is 15. The summed E-state index contributed by atoms with van der Waals surface area (Å²) < 4.78 is 0. The molecular weight excluding hydrogens is 350 g/mol. The summed E-state index contributed by atoms with van der Waals surface area (Å²) in [5.74, 6) is 0. The molecule has 164 valence electrons. The summed E-state index contributed by atoms with van der Waals surface area (Å²) in [5, 5.41) is 3.76. The summed E-state index contributed by atoms with van der Waals surface area (Å²) in [4.78, 5) is -0.140. The Hall–Kier alpha value is 0.250. The fraction of sp³-hybridized carbons (Fsp3) is 1.00. The smallest absolute Gasteiger partial charge is 0.0935 e. The Morgan fingerprint density at radius 2 is 0.815 bits per heavy atom. The van der Waals surface area contributed by atoms with Crippen molar-refractivity contribution in [2.75, 3.05) is 6.54 Å². The fourth-order valence-electron chi connectivity index (χ4n) is 3.89. The average molecular weight is 402 g/mol. The van der Waals surface area contributed by atoms with Crippen molar-refractivity contribution in [3.05, 3.63) is 0 Å². The molecule has 0 rings (SSSR count). The zero-order chi connectivity index (χ0) is 20.1. The normalized spacial score (nSPS) is 12.0. The highest BCUT2D eigenvalue weighted by molar-refractivity contribution is 6.23. The molecule has 0 aliphatic heterocycles. The minimum atomic E-state index is -0.140. The van der Waals surface area contributed by atoms with Crippen LogP contribution in [-0.4, -0.2) is 11.5 Å². The van der Waals surface area contributed by atoms with Gasteiger partial charge < -0.3 is 0 Å². The van der Waals surface area contributed by atoms with Crippen LogP contribution in [0.5, 0.6) is 0 Å². The molecule has 0 aliphatic rings. The van der Waals surface area contributed by atoms with E-state index in [1.54, 1.807) is 0 Å². The van der Waals surface area contributed by atoms with Crippen molar-refractivity contribution in [1.29, 1.82) is 0 Å². The van der Waals surface area contributed by atoms with Crippen LogP contribution in [0.4, 0.5) is 0 Å². The molecule has 0 aromatic heterocycles. The first kappa shape index (κ1) is 27.2. The van der Waals surface area contributed by atoms with Crippen molar-refractivity contribution in [1.82, 2.24) is 5.32 Å². The number of nitrogens with one attached hydrogen (secondary N) is 1. The predicted molar refractivity (Wildman–Crippen MR) is 126 cm³/mol. The second-order valence-corrected chi connectivity index (χ2v) is 9.42. The quantitative estimate of drug-likeness (QED) is 0.108. The molecular formula is C25H52ClN. The van der Waals surface area contributed by atoms with E-state index in [4.69, 9.17) is 11.6 Å². The van der Waals surface area contributed by atoms with Gasteiger partial charge in [-0.2, -0.15) is 0 Å². The van der Waals surface area contributed by atoms with Gasteiger partial charge in [0.15, 0.2) is 0 Å². The van der Waals surface area contributed by atoms with Crippen molar-refractivity contribution < 1.29 is 0 Å². The minimum absolute atomic E-state index is 0.140. The van der Waals surface area contributed by atoms with Crippen LogP contribution in [0, 0.1) is 0 Å². The van der Waals surface area contributed by atoms with Crippen molar-refractivity contribution in [3.8, 4) is 0 Å². The monoisotopic (exact) mass is 401 g/mol. The molecule has 0 saturated carbocycles. The van der Waals surface area contributed by atoms with Gasteiger partial charge >= 0.3 is 0 Å². The van der Waals surface area contributed by atoms with E-state index >= 15 is 0 Å². The highest BCUT2D eigenvalue weighted by Crippen LogP contribution is 2.27. The molecule has 0 saturated heterocycles. The first-order valence-corrected chi connectivity index (χ1v) is 13.0. The minimum Gasteiger partial charge on any atom is -0.299 e. The van der Waals surface area contributed by atoms with Crippen molar-refractivity contribution >= 4 is 11.6 Å². The maximum Gasteiger partial charge on any atom is 0.0935 e. The molecule has 0 radical (unpaired) electrons. The van der Waals surface area contributed by atoms with Crippen molar-refractivity contribution in [3.63, 3.8) is 0 Å². The SMILES string of the molecule is CCCCCCCCNC(Cl)(CCCCCCCC)CCCCCCCC. The van der Waals surface area contributed by atoms with Gasteiger partial charge in [0.2, 0.25) is 0 Å². The third kappa shape index (κ3) is 19.3. The van der Waals surface area contributed by atoms with E-state index in [1.165, 1.54) is 116 Å². The van der Waals surface area contributed by atoms with Gasteiger partial charge in [-0.25, -0.2) is 0 Å². The molecule has 0 fully saturated rings. The molecule has 27 heavy (non-hydrogen) atoms. The fourth-order valence-corrected chi connectivity index (χ4v) is 4.25. The number of rotatable bonds is 22. The molecule has 0 atom stereocenters. The predicted octanol–water partition coefficient (Wildman–Crippen LogP) is 9.37. The van der Waals surface area contributed by atoms with Gasteiger partial charge in [-0.15, -0.1) is 11.6 Å². The van der Waals surface area contributed by atoms with Crippen LogP contribution in [0.3, 0.4) is 0 Å². The van der Waals surface area contributed by atoms with E-state index in [0.29, 0.717) is 0 Å². The summed E-state index contributed by atoms with van der Waals surface area (Å²) in [6.07, 6.45) is 26.7. The first-order valence-electron chi connectivity index (χ1n) is 12.6. The van der Waals surface area contributed by atoms with Crippen LogP contribution >= 0.6 is 11.6 Å². The van der Waals surface area contributed by atoms with E-state index in [9.17, 15) is 0 Å². The van der Waals surface area contributed by atoms with Crippen molar-refractivity contribution in [2.24, 2.45) is 0 Å². The van der Waals surface area contributed by atoms with Crippen LogP contribution in [0.15, 0.2) is 0 Å². The Balaban J connectivity index is 4.02. The number of hydrogen-bond donors (Lipinski definition) is 1. The van der Waals surface area contributed by atoms with Crippen LogP contribution in [0.25, 0.3) is 0 Å². The van der Waals surface area contributed by atoms with Gasteiger partial charge in [0, 0.05) is 0 Å². The Morgan fingerprint density at radius 3 is 1.22 bits per heavy atom. The summed E-state index contributed by atoms with van der Waals surface area (Å²) in [6, 6.07) is 0. The third-order valence-corrected chi connectivity index (χ3v) is 6.34. The number of halogens is 1.